The molecule has 13 heteroatoms. The van der Waals surface area contributed by atoms with Gasteiger partial charge in [-0.25, -0.2) is 0 Å². The highest BCUT2D eigenvalue weighted by molar-refractivity contribution is 8.77. The molecule has 222 valence electrons. The van der Waals surface area contributed by atoms with Crippen LogP contribution in [0.25, 0.3) is 0 Å². The van der Waals surface area contributed by atoms with Crippen molar-refractivity contribution in [2.24, 2.45) is 5.73 Å². The highest BCUT2D eigenvalue weighted by Gasteiger charge is 2.37. The van der Waals surface area contributed by atoms with Crippen molar-refractivity contribution in [2.75, 3.05) is 18.9 Å². The van der Waals surface area contributed by atoms with E-state index in [0.717, 1.165) is 17.1 Å². The molecular formula is C26H44N4O7S2. The van der Waals surface area contributed by atoms with Crippen molar-refractivity contribution in [2.45, 2.75) is 102 Å². The Morgan fingerprint density at radius 1 is 1.05 bits per heavy atom. The topological polar surface area (TPSA) is 168 Å². The van der Waals surface area contributed by atoms with E-state index in [1.165, 1.54) is 10.8 Å². The van der Waals surface area contributed by atoms with Gasteiger partial charge in [-0.1, -0.05) is 49.3 Å². The zero-order valence-electron chi connectivity index (χ0n) is 24.0. The van der Waals surface area contributed by atoms with Crippen LogP contribution in [-0.2, 0) is 28.7 Å². The normalized spacial score (nSPS) is 17.1. The molecule has 39 heavy (non-hydrogen) atoms. The number of carbonyl (C=O) groups is 5. The first kappa shape index (κ1) is 34.9. The highest BCUT2D eigenvalue weighted by Crippen LogP contribution is 2.35. The first-order valence-corrected chi connectivity index (χ1v) is 15.3. The second-order valence-electron chi connectivity index (χ2n) is 11.3. The second kappa shape index (κ2) is 15.1. The number of imide groups is 1. The van der Waals surface area contributed by atoms with Crippen molar-refractivity contribution in [3.8, 4) is 0 Å². The summed E-state index contributed by atoms with van der Waals surface area (Å²) in [6, 6.07) is -2.20. The van der Waals surface area contributed by atoms with E-state index < -0.39 is 52.8 Å². The SMILES string of the molecule is CCC(C)(CCC(=O)O)OCCC(C)(C)NC(=O)C(CSSC(C)(C)C)NC(=O)C(CN)N1C(=O)C=CC1=O. The van der Waals surface area contributed by atoms with Crippen LogP contribution in [0.4, 0.5) is 0 Å². The van der Waals surface area contributed by atoms with E-state index in [-0.39, 0.29) is 23.5 Å². The molecule has 3 atom stereocenters. The lowest BCUT2D eigenvalue weighted by Crippen LogP contribution is -2.59. The molecule has 4 amide bonds. The zero-order chi connectivity index (χ0) is 30.0. The van der Waals surface area contributed by atoms with Crippen molar-refractivity contribution >= 4 is 51.2 Å². The van der Waals surface area contributed by atoms with Gasteiger partial charge in [0.05, 0.1) is 5.60 Å². The van der Waals surface area contributed by atoms with E-state index in [9.17, 15) is 24.0 Å². The average molecular weight is 589 g/mol. The molecule has 0 spiro atoms. The summed E-state index contributed by atoms with van der Waals surface area (Å²) in [5.74, 6) is -3.02. The van der Waals surface area contributed by atoms with Gasteiger partial charge in [0.25, 0.3) is 11.8 Å². The predicted molar refractivity (Wildman–Crippen MR) is 154 cm³/mol. The monoisotopic (exact) mass is 588 g/mol. The van der Waals surface area contributed by atoms with Gasteiger partial charge in [-0.05, 0) is 40.0 Å². The van der Waals surface area contributed by atoms with Crippen LogP contribution in [0.15, 0.2) is 12.2 Å². The van der Waals surface area contributed by atoms with Crippen LogP contribution >= 0.6 is 21.6 Å². The zero-order valence-corrected chi connectivity index (χ0v) is 25.6. The second-order valence-corrected chi connectivity index (χ2v) is 14.5. The maximum Gasteiger partial charge on any atom is 0.303 e. The first-order chi connectivity index (χ1) is 17.9. The molecule has 0 saturated carbocycles. The van der Waals surface area contributed by atoms with Crippen molar-refractivity contribution in [3.63, 3.8) is 0 Å². The number of amides is 4. The minimum atomic E-state index is -1.24. The van der Waals surface area contributed by atoms with Gasteiger partial charge in [0.1, 0.15) is 12.1 Å². The molecule has 1 aliphatic rings. The summed E-state index contributed by atoms with van der Waals surface area (Å²) in [6.07, 6.45) is 3.62. The molecule has 0 aliphatic carbocycles. The molecule has 1 heterocycles. The number of nitrogens with zero attached hydrogens (tertiary/aromatic N) is 1. The van der Waals surface area contributed by atoms with Crippen LogP contribution in [0, 0.1) is 0 Å². The summed E-state index contributed by atoms with van der Waals surface area (Å²) in [5, 5.41) is 14.7. The maximum atomic E-state index is 13.4. The van der Waals surface area contributed by atoms with Gasteiger partial charge in [-0.15, -0.1) is 0 Å². The quantitative estimate of drug-likeness (QED) is 0.146. The van der Waals surface area contributed by atoms with Crippen LogP contribution in [0.5, 0.6) is 0 Å². The van der Waals surface area contributed by atoms with Gasteiger partial charge in [0.15, 0.2) is 0 Å². The van der Waals surface area contributed by atoms with Crippen LogP contribution in [-0.4, -0.2) is 86.5 Å². The Labute approximate surface area is 239 Å². The minimum Gasteiger partial charge on any atom is -0.481 e. The average Bonchev–Trinajstić information content (AvgIpc) is 3.14. The number of rotatable bonds is 17. The summed E-state index contributed by atoms with van der Waals surface area (Å²) in [7, 11) is 2.99. The third-order valence-corrected chi connectivity index (χ3v) is 9.46. The number of carboxylic acid groups (broad SMARTS) is 1. The highest BCUT2D eigenvalue weighted by atomic mass is 33.1. The van der Waals surface area contributed by atoms with Crippen LogP contribution < -0.4 is 16.4 Å². The van der Waals surface area contributed by atoms with E-state index >= 15 is 0 Å². The molecule has 0 bridgehead atoms. The fourth-order valence-electron chi connectivity index (χ4n) is 3.54. The minimum absolute atomic E-state index is 0.00453. The number of nitrogens with two attached hydrogens (primary N) is 1. The molecule has 1 rings (SSSR count). The Hall–Kier alpha value is -2.09. The molecule has 0 aromatic heterocycles. The number of hydrogen-bond donors (Lipinski definition) is 4. The van der Waals surface area contributed by atoms with Crippen LogP contribution in [0.3, 0.4) is 0 Å². The lowest BCUT2D eigenvalue weighted by molar-refractivity contribution is -0.145. The van der Waals surface area contributed by atoms with E-state index in [1.54, 1.807) is 10.8 Å². The lowest BCUT2D eigenvalue weighted by atomic mass is 9.96. The maximum absolute atomic E-state index is 13.4. The molecule has 11 nitrogen and oxygen atoms in total. The summed E-state index contributed by atoms with van der Waals surface area (Å²) in [4.78, 5) is 62.4. The van der Waals surface area contributed by atoms with E-state index in [0.29, 0.717) is 25.9 Å². The molecule has 0 fully saturated rings. The van der Waals surface area contributed by atoms with Gasteiger partial charge >= 0.3 is 5.97 Å². The van der Waals surface area contributed by atoms with Gasteiger partial charge in [-0.3, -0.25) is 28.9 Å². The van der Waals surface area contributed by atoms with Crippen molar-refractivity contribution in [3.05, 3.63) is 12.2 Å². The van der Waals surface area contributed by atoms with Crippen molar-refractivity contribution in [1.82, 2.24) is 15.5 Å². The first-order valence-electron chi connectivity index (χ1n) is 13.0. The molecule has 3 unspecified atom stereocenters. The summed E-state index contributed by atoms with van der Waals surface area (Å²) in [6.45, 7) is 13.6. The van der Waals surface area contributed by atoms with Gasteiger partial charge in [0.2, 0.25) is 11.8 Å². The molecule has 5 N–H and O–H groups in total. The van der Waals surface area contributed by atoms with E-state index in [4.69, 9.17) is 15.6 Å². The molecule has 0 aromatic carbocycles. The molecule has 0 radical (unpaired) electrons. The number of hydrogen-bond acceptors (Lipinski definition) is 9. The fourth-order valence-corrected chi connectivity index (χ4v) is 6.00. The Morgan fingerprint density at radius 3 is 2.13 bits per heavy atom. The Morgan fingerprint density at radius 2 is 1.64 bits per heavy atom. The smallest absolute Gasteiger partial charge is 0.303 e. The Balaban J connectivity index is 2.90. The standard InChI is InChI=1S/C26H44N4O7S2/c1-8-26(7,12-11-21(33)34)37-14-13-25(5,6)29-22(35)17(16-38-39-24(2,3)4)28-23(36)18(15-27)30-19(31)9-10-20(30)32/h9-10,17-18H,8,11-16,27H2,1-7H3,(H,28,36)(H,29,35)(H,33,34). The molecule has 1 aliphatic heterocycles. The van der Waals surface area contributed by atoms with Gasteiger partial charge < -0.3 is 26.2 Å². The van der Waals surface area contributed by atoms with Crippen LogP contribution in [0.1, 0.15) is 74.1 Å². The summed E-state index contributed by atoms with van der Waals surface area (Å²) < 4.78 is 5.93. The number of carbonyl (C=O) groups excluding carboxylic acids is 4. The number of carboxylic acids is 1. The van der Waals surface area contributed by atoms with Crippen molar-refractivity contribution in [1.29, 1.82) is 0 Å². The predicted octanol–water partition coefficient (Wildman–Crippen LogP) is 2.24. The molecule has 0 aromatic rings. The summed E-state index contributed by atoms with van der Waals surface area (Å²) in [5.41, 5.74) is 4.44. The Bertz CT molecular complexity index is 918. The van der Waals surface area contributed by atoms with E-state index in [2.05, 4.69) is 10.6 Å². The largest absolute Gasteiger partial charge is 0.481 e. The van der Waals surface area contributed by atoms with Crippen molar-refractivity contribution < 1.29 is 33.8 Å². The van der Waals surface area contributed by atoms with Crippen LogP contribution in [0.2, 0.25) is 0 Å². The van der Waals surface area contributed by atoms with Gasteiger partial charge in [0, 0.05) is 47.8 Å². The third-order valence-electron chi connectivity index (χ3n) is 6.11. The van der Waals surface area contributed by atoms with E-state index in [1.807, 2.05) is 48.5 Å². The fraction of sp³-hybridized carbons (Fsp3) is 0.731. The molecule has 0 saturated heterocycles. The molecular weight excluding hydrogens is 544 g/mol. The summed E-state index contributed by atoms with van der Waals surface area (Å²) >= 11 is 0. The number of aliphatic carboxylic acids is 1. The van der Waals surface area contributed by atoms with Gasteiger partial charge in [-0.2, -0.15) is 0 Å². The number of nitrogens with one attached hydrogen (secondary N) is 2. The lowest BCUT2D eigenvalue weighted by Gasteiger charge is -2.33. The third kappa shape index (κ3) is 12.3. The Kier molecular flexibility index (Phi) is 13.5. The number of ether oxygens (including phenoxy) is 1.